The van der Waals surface area contributed by atoms with Crippen molar-refractivity contribution < 1.29 is 19.1 Å². The molecule has 0 radical (unpaired) electrons. The fraction of sp³-hybridized carbons (Fsp3) is 0.368. The SMILES string of the molecule is CSCc1ccc(C(=O)N2CCC(Cc3cccc(C(=O)O)c3)C2)o1. The number of benzene rings is 1. The second-order valence-corrected chi connectivity index (χ2v) is 7.18. The molecule has 2 aromatic rings. The monoisotopic (exact) mass is 359 g/mol. The number of carboxylic acids is 1. The summed E-state index contributed by atoms with van der Waals surface area (Å²) in [7, 11) is 0. The lowest BCUT2D eigenvalue weighted by Gasteiger charge is -2.15. The van der Waals surface area contributed by atoms with Crippen LogP contribution < -0.4 is 0 Å². The van der Waals surface area contributed by atoms with Crippen LogP contribution in [0.15, 0.2) is 40.8 Å². The number of carboxylic acid groups (broad SMARTS) is 1. The highest BCUT2D eigenvalue weighted by Crippen LogP contribution is 2.24. The Labute approximate surface area is 151 Å². The minimum absolute atomic E-state index is 0.0610. The van der Waals surface area contributed by atoms with Gasteiger partial charge in [-0.1, -0.05) is 12.1 Å². The third-order valence-electron chi connectivity index (χ3n) is 4.43. The molecule has 1 aromatic carbocycles. The van der Waals surface area contributed by atoms with E-state index in [1.807, 2.05) is 23.3 Å². The van der Waals surface area contributed by atoms with Crippen LogP contribution in [0.1, 0.15) is 38.7 Å². The molecule has 1 aromatic heterocycles. The van der Waals surface area contributed by atoms with Crippen LogP contribution in [0, 0.1) is 5.92 Å². The molecule has 1 atom stereocenters. The first kappa shape index (κ1) is 17.6. The molecular weight excluding hydrogens is 338 g/mol. The van der Waals surface area contributed by atoms with Crippen LogP contribution in [0.2, 0.25) is 0 Å². The normalized spacial score (nSPS) is 17.0. The number of rotatable bonds is 6. The molecule has 1 saturated heterocycles. The molecule has 0 spiro atoms. The van der Waals surface area contributed by atoms with Gasteiger partial charge in [-0.25, -0.2) is 4.79 Å². The summed E-state index contributed by atoms with van der Waals surface area (Å²) in [5.74, 6) is 1.34. The third kappa shape index (κ3) is 4.25. The number of aromatic carboxylic acids is 1. The highest BCUT2D eigenvalue weighted by atomic mass is 32.2. The Kier molecular flexibility index (Phi) is 5.48. The molecule has 3 rings (SSSR count). The van der Waals surface area contributed by atoms with Gasteiger partial charge in [-0.05, 0) is 54.8 Å². The highest BCUT2D eigenvalue weighted by Gasteiger charge is 2.28. The van der Waals surface area contributed by atoms with E-state index in [4.69, 9.17) is 9.52 Å². The topological polar surface area (TPSA) is 70.8 Å². The molecular formula is C19H21NO4S. The second kappa shape index (κ2) is 7.78. The summed E-state index contributed by atoms with van der Waals surface area (Å²) >= 11 is 1.66. The number of furan rings is 1. The zero-order valence-corrected chi connectivity index (χ0v) is 14.9. The van der Waals surface area contributed by atoms with Crippen LogP contribution >= 0.6 is 11.8 Å². The van der Waals surface area contributed by atoms with Crippen molar-refractivity contribution in [2.24, 2.45) is 5.92 Å². The molecule has 1 fully saturated rings. The van der Waals surface area contributed by atoms with Gasteiger partial charge in [0.2, 0.25) is 0 Å². The molecule has 1 N–H and O–H groups in total. The predicted molar refractivity (Wildman–Crippen MR) is 97.0 cm³/mol. The molecule has 5 nitrogen and oxygen atoms in total. The Hall–Kier alpha value is -2.21. The van der Waals surface area contributed by atoms with Crippen molar-refractivity contribution >= 4 is 23.6 Å². The van der Waals surface area contributed by atoms with Gasteiger partial charge in [0.05, 0.1) is 11.3 Å². The molecule has 1 unspecified atom stereocenters. The number of nitrogens with zero attached hydrogens (tertiary/aromatic N) is 1. The van der Waals surface area contributed by atoms with E-state index in [-0.39, 0.29) is 5.91 Å². The summed E-state index contributed by atoms with van der Waals surface area (Å²) in [6.45, 7) is 1.38. The first-order chi connectivity index (χ1) is 12.1. The maximum absolute atomic E-state index is 12.6. The van der Waals surface area contributed by atoms with Crippen molar-refractivity contribution in [3.05, 3.63) is 59.0 Å². The van der Waals surface area contributed by atoms with Gasteiger partial charge in [0.1, 0.15) is 5.76 Å². The standard InChI is InChI=1S/C19H21NO4S/c1-25-12-16-5-6-17(24-16)18(21)20-8-7-14(11-20)9-13-3-2-4-15(10-13)19(22)23/h2-6,10,14H,7-9,11-12H2,1H3,(H,22,23). The van der Waals surface area contributed by atoms with Gasteiger partial charge in [-0.3, -0.25) is 4.79 Å². The van der Waals surface area contributed by atoms with Crippen LogP contribution in [0.5, 0.6) is 0 Å². The van der Waals surface area contributed by atoms with Crippen LogP contribution in [-0.4, -0.2) is 41.2 Å². The molecule has 1 aliphatic rings. The zero-order valence-electron chi connectivity index (χ0n) is 14.1. The average molecular weight is 359 g/mol. The summed E-state index contributed by atoms with van der Waals surface area (Å²) < 4.78 is 5.62. The lowest BCUT2D eigenvalue weighted by molar-refractivity contribution is 0.0695. The number of carbonyl (C=O) groups excluding carboxylic acids is 1. The first-order valence-electron chi connectivity index (χ1n) is 8.26. The maximum Gasteiger partial charge on any atom is 0.335 e. The van der Waals surface area contributed by atoms with Gasteiger partial charge < -0.3 is 14.4 Å². The van der Waals surface area contributed by atoms with E-state index in [1.165, 1.54) is 0 Å². The second-order valence-electron chi connectivity index (χ2n) is 6.31. The van der Waals surface area contributed by atoms with E-state index < -0.39 is 5.97 Å². The zero-order chi connectivity index (χ0) is 17.8. The number of thioether (sulfide) groups is 1. The van der Waals surface area contributed by atoms with Gasteiger partial charge in [-0.15, -0.1) is 0 Å². The molecule has 0 bridgehead atoms. The van der Waals surface area contributed by atoms with Crippen LogP contribution in [0.4, 0.5) is 0 Å². The smallest absolute Gasteiger partial charge is 0.335 e. The van der Waals surface area contributed by atoms with E-state index in [0.29, 0.717) is 30.3 Å². The van der Waals surface area contributed by atoms with Crippen molar-refractivity contribution in [2.75, 3.05) is 19.3 Å². The summed E-state index contributed by atoms with van der Waals surface area (Å²) in [5, 5.41) is 9.09. The quantitative estimate of drug-likeness (QED) is 0.854. The first-order valence-corrected chi connectivity index (χ1v) is 9.65. The minimum Gasteiger partial charge on any atom is -0.478 e. The number of amides is 1. The van der Waals surface area contributed by atoms with E-state index in [9.17, 15) is 9.59 Å². The Morgan fingerprint density at radius 3 is 2.92 bits per heavy atom. The van der Waals surface area contributed by atoms with Crippen molar-refractivity contribution in [2.45, 2.75) is 18.6 Å². The Bertz CT molecular complexity index is 770. The molecule has 6 heteroatoms. The van der Waals surface area contributed by atoms with E-state index in [0.717, 1.165) is 29.9 Å². The Morgan fingerprint density at radius 2 is 2.16 bits per heavy atom. The number of hydrogen-bond donors (Lipinski definition) is 1. The Morgan fingerprint density at radius 1 is 1.32 bits per heavy atom. The van der Waals surface area contributed by atoms with E-state index >= 15 is 0 Å². The molecule has 0 aliphatic carbocycles. The van der Waals surface area contributed by atoms with Crippen molar-refractivity contribution in [3.8, 4) is 0 Å². The predicted octanol–water partition coefficient (Wildman–Crippen LogP) is 3.55. The van der Waals surface area contributed by atoms with Gasteiger partial charge in [0, 0.05) is 13.1 Å². The molecule has 25 heavy (non-hydrogen) atoms. The molecule has 1 aliphatic heterocycles. The summed E-state index contributed by atoms with van der Waals surface area (Å²) in [4.78, 5) is 25.5. The summed E-state index contributed by atoms with van der Waals surface area (Å²) in [6, 6.07) is 10.6. The molecule has 0 saturated carbocycles. The Balaban J connectivity index is 1.60. The molecule has 132 valence electrons. The van der Waals surface area contributed by atoms with Gasteiger partial charge >= 0.3 is 5.97 Å². The van der Waals surface area contributed by atoms with Crippen LogP contribution in [0.3, 0.4) is 0 Å². The van der Waals surface area contributed by atoms with Gasteiger partial charge in [-0.2, -0.15) is 11.8 Å². The van der Waals surface area contributed by atoms with Crippen molar-refractivity contribution in [1.29, 1.82) is 0 Å². The lowest BCUT2D eigenvalue weighted by Crippen LogP contribution is -2.28. The number of likely N-dealkylation sites (tertiary alicyclic amines) is 1. The fourth-order valence-electron chi connectivity index (χ4n) is 3.22. The highest BCUT2D eigenvalue weighted by molar-refractivity contribution is 7.97. The lowest BCUT2D eigenvalue weighted by atomic mass is 9.97. The number of carbonyl (C=O) groups is 2. The van der Waals surface area contributed by atoms with Gasteiger partial charge in [0.25, 0.3) is 5.91 Å². The maximum atomic E-state index is 12.6. The average Bonchev–Trinajstić information content (AvgIpc) is 3.24. The van der Waals surface area contributed by atoms with Crippen LogP contribution in [-0.2, 0) is 12.2 Å². The molecule has 1 amide bonds. The van der Waals surface area contributed by atoms with E-state index in [2.05, 4.69) is 0 Å². The number of hydrogen-bond acceptors (Lipinski definition) is 4. The minimum atomic E-state index is -0.913. The summed E-state index contributed by atoms with van der Waals surface area (Å²) in [5.41, 5.74) is 1.31. The van der Waals surface area contributed by atoms with Crippen LogP contribution in [0.25, 0.3) is 0 Å². The fourth-order valence-corrected chi connectivity index (χ4v) is 3.66. The van der Waals surface area contributed by atoms with E-state index in [1.54, 1.807) is 36.0 Å². The summed E-state index contributed by atoms with van der Waals surface area (Å²) in [6.07, 6.45) is 3.69. The van der Waals surface area contributed by atoms with Crippen molar-refractivity contribution in [1.82, 2.24) is 4.90 Å². The largest absolute Gasteiger partial charge is 0.478 e. The van der Waals surface area contributed by atoms with Crippen molar-refractivity contribution in [3.63, 3.8) is 0 Å². The van der Waals surface area contributed by atoms with Gasteiger partial charge in [0.15, 0.2) is 5.76 Å². The third-order valence-corrected chi connectivity index (χ3v) is 5.00. The molecule has 2 heterocycles.